The van der Waals surface area contributed by atoms with E-state index in [4.69, 9.17) is 5.73 Å². The molecule has 30 heavy (non-hydrogen) atoms. The third-order valence-electron chi connectivity index (χ3n) is 4.60. The van der Waals surface area contributed by atoms with Crippen molar-refractivity contribution < 1.29 is 4.79 Å². The molecule has 4 N–H and O–H groups in total. The molecule has 4 heterocycles. The molecule has 152 valence electrons. The number of carbonyl (C=O) groups is 1. The number of pyridine rings is 2. The van der Waals surface area contributed by atoms with Gasteiger partial charge in [-0.1, -0.05) is 0 Å². The SMILES string of the molecule is CNc1nc(Nc2cc(C)nc(C)c2)c(C(N)=O)nc1-c1cncc2c1ncn2C. The number of imidazole rings is 1. The molecule has 0 saturated carbocycles. The number of carbonyl (C=O) groups excluding carboxylic acids is 1. The zero-order valence-electron chi connectivity index (χ0n) is 17.1. The van der Waals surface area contributed by atoms with Crippen LogP contribution in [0, 0.1) is 13.8 Å². The molecule has 0 aliphatic rings. The minimum absolute atomic E-state index is 0.0176. The molecular formula is C20H21N9O. The Morgan fingerprint density at radius 1 is 1.07 bits per heavy atom. The maximum atomic E-state index is 12.2. The number of anilines is 3. The summed E-state index contributed by atoms with van der Waals surface area (Å²) in [7, 11) is 3.61. The van der Waals surface area contributed by atoms with Crippen LogP contribution >= 0.6 is 0 Å². The first-order chi connectivity index (χ1) is 14.4. The van der Waals surface area contributed by atoms with Crippen molar-refractivity contribution in [1.82, 2.24) is 29.5 Å². The lowest BCUT2D eigenvalue weighted by atomic mass is 10.1. The van der Waals surface area contributed by atoms with Crippen LogP contribution in [-0.2, 0) is 7.05 Å². The fourth-order valence-corrected chi connectivity index (χ4v) is 3.32. The second kappa shape index (κ2) is 7.39. The van der Waals surface area contributed by atoms with E-state index in [0.717, 1.165) is 22.6 Å². The van der Waals surface area contributed by atoms with Crippen LogP contribution in [0.15, 0.2) is 30.9 Å². The number of hydrogen-bond acceptors (Lipinski definition) is 8. The zero-order chi connectivity index (χ0) is 21.4. The number of nitrogens with zero attached hydrogens (tertiary/aromatic N) is 6. The summed E-state index contributed by atoms with van der Waals surface area (Å²) >= 11 is 0. The lowest BCUT2D eigenvalue weighted by Gasteiger charge is -2.15. The minimum Gasteiger partial charge on any atom is -0.371 e. The Balaban J connectivity index is 1.89. The van der Waals surface area contributed by atoms with Crippen molar-refractivity contribution in [3.63, 3.8) is 0 Å². The van der Waals surface area contributed by atoms with Crippen LogP contribution in [0.1, 0.15) is 21.9 Å². The summed E-state index contributed by atoms with van der Waals surface area (Å²) in [4.78, 5) is 34.4. The average Bonchev–Trinajstić information content (AvgIpc) is 3.08. The third-order valence-corrected chi connectivity index (χ3v) is 4.60. The van der Waals surface area contributed by atoms with Gasteiger partial charge in [-0.15, -0.1) is 0 Å². The van der Waals surface area contributed by atoms with Crippen LogP contribution in [0.2, 0.25) is 0 Å². The molecule has 0 bridgehead atoms. The fourth-order valence-electron chi connectivity index (χ4n) is 3.32. The van der Waals surface area contributed by atoms with E-state index in [1.165, 1.54) is 0 Å². The highest BCUT2D eigenvalue weighted by molar-refractivity contribution is 5.99. The topological polar surface area (TPSA) is 137 Å². The van der Waals surface area contributed by atoms with E-state index in [0.29, 0.717) is 22.6 Å². The maximum Gasteiger partial charge on any atom is 0.271 e. The summed E-state index contributed by atoms with van der Waals surface area (Å²) in [6, 6.07) is 3.70. The first-order valence-electron chi connectivity index (χ1n) is 9.24. The summed E-state index contributed by atoms with van der Waals surface area (Å²) in [6.45, 7) is 3.78. The van der Waals surface area contributed by atoms with Gasteiger partial charge < -0.3 is 20.9 Å². The molecule has 0 saturated heterocycles. The number of rotatable bonds is 5. The molecule has 0 spiro atoms. The summed E-state index contributed by atoms with van der Waals surface area (Å²) < 4.78 is 1.86. The normalized spacial score (nSPS) is 10.9. The zero-order valence-corrected chi connectivity index (χ0v) is 17.1. The number of aromatic nitrogens is 6. The Bertz CT molecular complexity index is 1260. The van der Waals surface area contributed by atoms with Crippen LogP contribution in [-0.4, -0.2) is 42.4 Å². The molecule has 0 atom stereocenters. The van der Waals surface area contributed by atoms with Crippen molar-refractivity contribution in [2.24, 2.45) is 12.8 Å². The van der Waals surface area contributed by atoms with Gasteiger partial charge in [0, 0.05) is 37.4 Å². The van der Waals surface area contributed by atoms with Gasteiger partial charge in [-0.2, -0.15) is 0 Å². The highest BCUT2D eigenvalue weighted by Crippen LogP contribution is 2.32. The lowest BCUT2D eigenvalue weighted by molar-refractivity contribution is 0.0996. The first kappa shape index (κ1) is 19.2. The van der Waals surface area contributed by atoms with E-state index < -0.39 is 5.91 Å². The van der Waals surface area contributed by atoms with Crippen molar-refractivity contribution in [3.8, 4) is 11.3 Å². The molecular weight excluding hydrogens is 382 g/mol. The van der Waals surface area contributed by atoms with Crippen LogP contribution < -0.4 is 16.4 Å². The van der Waals surface area contributed by atoms with Crippen molar-refractivity contribution in [3.05, 3.63) is 47.9 Å². The average molecular weight is 403 g/mol. The number of nitrogens with one attached hydrogen (secondary N) is 2. The van der Waals surface area contributed by atoms with Gasteiger partial charge in [0.05, 0.1) is 23.6 Å². The second-order valence-electron chi connectivity index (χ2n) is 6.91. The van der Waals surface area contributed by atoms with Crippen LogP contribution in [0.3, 0.4) is 0 Å². The number of primary amides is 1. The highest BCUT2D eigenvalue weighted by Gasteiger charge is 2.21. The number of fused-ring (bicyclic) bond motifs is 1. The summed E-state index contributed by atoms with van der Waals surface area (Å²) in [5.74, 6) is 0.0178. The molecule has 0 aliphatic carbocycles. The number of nitrogens with two attached hydrogens (primary N) is 1. The molecule has 0 aromatic carbocycles. The first-order valence-corrected chi connectivity index (χ1v) is 9.24. The molecule has 0 fully saturated rings. The predicted octanol–water partition coefficient (Wildman–Crippen LogP) is 2.32. The van der Waals surface area contributed by atoms with Crippen molar-refractivity contribution in [1.29, 1.82) is 0 Å². The lowest BCUT2D eigenvalue weighted by Crippen LogP contribution is -2.18. The molecule has 0 unspecified atom stereocenters. The molecule has 4 aromatic heterocycles. The Morgan fingerprint density at radius 3 is 2.47 bits per heavy atom. The summed E-state index contributed by atoms with van der Waals surface area (Å²) in [5.41, 5.74) is 10.7. The maximum absolute atomic E-state index is 12.2. The van der Waals surface area contributed by atoms with E-state index in [-0.39, 0.29) is 11.5 Å². The summed E-state index contributed by atoms with van der Waals surface area (Å²) in [5, 5.41) is 6.18. The van der Waals surface area contributed by atoms with Gasteiger partial charge >= 0.3 is 0 Å². The van der Waals surface area contributed by atoms with Gasteiger partial charge in [-0.25, -0.2) is 15.0 Å². The van der Waals surface area contributed by atoms with Gasteiger partial charge in [-0.3, -0.25) is 14.8 Å². The highest BCUT2D eigenvalue weighted by atomic mass is 16.1. The van der Waals surface area contributed by atoms with Gasteiger partial charge in [0.25, 0.3) is 5.91 Å². The largest absolute Gasteiger partial charge is 0.371 e. The molecule has 0 radical (unpaired) electrons. The third kappa shape index (κ3) is 3.39. The van der Waals surface area contributed by atoms with Gasteiger partial charge in [0.1, 0.15) is 11.2 Å². The number of aryl methyl sites for hydroxylation is 3. The Kier molecular flexibility index (Phi) is 4.74. The van der Waals surface area contributed by atoms with Crippen molar-refractivity contribution >= 4 is 34.3 Å². The Morgan fingerprint density at radius 2 is 1.80 bits per heavy atom. The van der Waals surface area contributed by atoms with E-state index in [2.05, 4.69) is 35.6 Å². The molecule has 4 aromatic rings. The fraction of sp³-hybridized carbons (Fsp3) is 0.200. The van der Waals surface area contributed by atoms with Gasteiger partial charge in [-0.05, 0) is 26.0 Å². The molecule has 10 heteroatoms. The predicted molar refractivity (Wildman–Crippen MR) is 115 cm³/mol. The molecule has 1 amide bonds. The minimum atomic E-state index is -0.697. The number of hydrogen-bond donors (Lipinski definition) is 3. The molecule has 4 rings (SSSR count). The quantitative estimate of drug-likeness (QED) is 0.462. The van der Waals surface area contributed by atoms with Crippen molar-refractivity contribution in [2.75, 3.05) is 17.7 Å². The van der Waals surface area contributed by atoms with Crippen molar-refractivity contribution in [2.45, 2.75) is 13.8 Å². The Hall–Kier alpha value is -4.08. The van der Waals surface area contributed by atoms with Gasteiger partial charge in [0.2, 0.25) is 0 Å². The molecule has 10 nitrogen and oxygen atoms in total. The van der Waals surface area contributed by atoms with Crippen LogP contribution in [0.5, 0.6) is 0 Å². The van der Waals surface area contributed by atoms with E-state index >= 15 is 0 Å². The van der Waals surface area contributed by atoms with E-state index in [1.54, 1.807) is 25.8 Å². The summed E-state index contributed by atoms with van der Waals surface area (Å²) in [6.07, 6.45) is 5.06. The van der Waals surface area contributed by atoms with Crippen LogP contribution in [0.4, 0.5) is 17.3 Å². The Labute approximate surface area is 172 Å². The van der Waals surface area contributed by atoms with E-state index in [1.807, 2.05) is 37.6 Å². The molecule has 0 aliphatic heterocycles. The standard InChI is InChI=1S/C20H21N9O/c1-10-5-12(6-11(2)25-10)26-20-17(18(21)30)27-16(19(22-3)28-20)13-7-23-8-14-15(13)24-9-29(14)4/h5-9H,1-4H3,(H2,21,30)(H2,22,25,26,28). The van der Waals surface area contributed by atoms with Crippen LogP contribution in [0.25, 0.3) is 22.3 Å². The second-order valence-corrected chi connectivity index (χ2v) is 6.91. The number of amides is 1. The smallest absolute Gasteiger partial charge is 0.271 e. The van der Waals surface area contributed by atoms with E-state index in [9.17, 15) is 4.79 Å². The monoisotopic (exact) mass is 403 g/mol. The van der Waals surface area contributed by atoms with Gasteiger partial charge in [0.15, 0.2) is 17.3 Å².